The lowest BCUT2D eigenvalue weighted by Gasteiger charge is -2.24. The molecule has 0 radical (unpaired) electrons. The molecule has 18 heavy (non-hydrogen) atoms. The molecule has 1 aliphatic rings. The first-order valence-electron chi connectivity index (χ1n) is 7.24. The maximum Gasteiger partial charge on any atom is 0.109 e. The van der Waals surface area contributed by atoms with E-state index in [2.05, 4.69) is 32.3 Å². The topological polar surface area (TPSA) is 43.8 Å². The van der Waals surface area contributed by atoms with Crippen LogP contribution < -0.4 is 5.73 Å². The Labute approximate surface area is 111 Å². The molecule has 0 bridgehead atoms. The van der Waals surface area contributed by atoms with Gasteiger partial charge in [-0.1, -0.05) is 27.7 Å². The zero-order valence-corrected chi connectivity index (χ0v) is 12.3. The molecule has 0 atom stereocenters. The normalized spacial score (nSPS) is 16.1. The lowest BCUT2D eigenvalue weighted by atomic mass is 9.86. The van der Waals surface area contributed by atoms with Crippen molar-refractivity contribution in [3.05, 3.63) is 17.2 Å². The third-order valence-electron chi connectivity index (χ3n) is 3.94. The minimum Gasteiger partial charge on any atom is -0.332 e. The Bertz CT molecular complexity index is 416. The second-order valence-electron chi connectivity index (χ2n) is 6.62. The van der Waals surface area contributed by atoms with Gasteiger partial charge in [0.15, 0.2) is 0 Å². The highest BCUT2D eigenvalue weighted by Gasteiger charge is 2.29. The smallest absolute Gasteiger partial charge is 0.109 e. The molecule has 0 aliphatic carbocycles. The van der Waals surface area contributed by atoms with Crippen molar-refractivity contribution in [2.24, 2.45) is 11.7 Å². The summed E-state index contributed by atoms with van der Waals surface area (Å²) in [5.74, 6) is 1.93. The number of aromatic nitrogens is 2. The monoisotopic (exact) mass is 249 g/mol. The Morgan fingerprint density at radius 2 is 2.06 bits per heavy atom. The lowest BCUT2D eigenvalue weighted by Crippen LogP contribution is -2.30. The summed E-state index contributed by atoms with van der Waals surface area (Å²) in [7, 11) is 0. The zero-order chi connectivity index (χ0) is 13.3. The van der Waals surface area contributed by atoms with E-state index in [0.29, 0.717) is 12.5 Å². The maximum atomic E-state index is 5.93. The van der Waals surface area contributed by atoms with Gasteiger partial charge in [-0.2, -0.15) is 0 Å². The first kappa shape index (κ1) is 13.6. The van der Waals surface area contributed by atoms with Gasteiger partial charge in [-0.05, 0) is 25.2 Å². The number of nitrogens with zero attached hydrogens (tertiary/aromatic N) is 2. The zero-order valence-electron chi connectivity index (χ0n) is 12.3. The molecule has 1 aliphatic heterocycles. The molecule has 0 saturated carbocycles. The Hall–Kier alpha value is -0.830. The minimum atomic E-state index is 0.00362. The average molecular weight is 249 g/mol. The van der Waals surface area contributed by atoms with E-state index < -0.39 is 0 Å². The molecule has 3 heteroatoms. The van der Waals surface area contributed by atoms with Crippen LogP contribution in [0.4, 0.5) is 0 Å². The highest BCUT2D eigenvalue weighted by atomic mass is 15.1. The van der Waals surface area contributed by atoms with Crippen LogP contribution in [0.15, 0.2) is 0 Å². The molecule has 2 rings (SSSR count). The van der Waals surface area contributed by atoms with Crippen molar-refractivity contribution in [1.82, 2.24) is 9.55 Å². The van der Waals surface area contributed by atoms with E-state index in [1.807, 2.05) is 0 Å². The van der Waals surface area contributed by atoms with Gasteiger partial charge >= 0.3 is 0 Å². The van der Waals surface area contributed by atoms with Crippen LogP contribution in [0, 0.1) is 5.92 Å². The van der Waals surface area contributed by atoms with Crippen LogP contribution in [0.3, 0.4) is 0 Å². The third-order valence-corrected chi connectivity index (χ3v) is 3.94. The molecule has 0 unspecified atom stereocenters. The first-order valence-corrected chi connectivity index (χ1v) is 7.24. The molecule has 0 aromatic carbocycles. The number of hydrogen-bond donors (Lipinski definition) is 1. The van der Waals surface area contributed by atoms with Crippen LogP contribution in [0.2, 0.25) is 0 Å². The van der Waals surface area contributed by atoms with E-state index in [9.17, 15) is 0 Å². The van der Waals surface area contributed by atoms with Gasteiger partial charge < -0.3 is 10.3 Å². The first-order chi connectivity index (χ1) is 8.45. The highest BCUT2D eigenvalue weighted by molar-refractivity contribution is 5.27. The summed E-state index contributed by atoms with van der Waals surface area (Å²) in [4.78, 5) is 4.96. The molecule has 1 aromatic heterocycles. The second kappa shape index (κ2) is 5.04. The standard InChI is InChI=1S/C15H27N3/c1-11(2)9-13-17-14(15(3,4)10-16)12-7-5-6-8-18(12)13/h11H,5-10,16H2,1-4H3. The Morgan fingerprint density at radius 3 is 2.67 bits per heavy atom. The number of imidazole rings is 1. The van der Waals surface area contributed by atoms with Crippen molar-refractivity contribution in [2.75, 3.05) is 6.54 Å². The molecule has 2 heterocycles. The van der Waals surface area contributed by atoms with Gasteiger partial charge in [0.05, 0.1) is 5.69 Å². The number of nitrogens with two attached hydrogens (primary N) is 1. The number of hydrogen-bond acceptors (Lipinski definition) is 2. The number of fused-ring (bicyclic) bond motifs is 1. The van der Waals surface area contributed by atoms with Crippen molar-refractivity contribution >= 4 is 0 Å². The van der Waals surface area contributed by atoms with E-state index in [1.54, 1.807) is 0 Å². The van der Waals surface area contributed by atoms with Gasteiger partial charge in [-0.25, -0.2) is 4.98 Å². The Morgan fingerprint density at radius 1 is 1.33 bits per heavy atom. The van der Waals surface area contributed by atoms with E-state index in [0.717, 1.165) is 13.0 Å². The second-order valence-corrected chi connectivity index (χ2v) is 6.62. The summed E-state index contributed by atoms with van der Waals surface area (Å²) in [5.41, 5.74) is 8.64. The van der Waals surface area contributed by atoms with Crippen LogP contribution >= 0.6 is 0 Å². The Balaban J connectivity index is 2.44. The summed E-state index contributed by atoms with van der Waals surface area (Å²) in [6.45, 7) is 10.8. The fraction of sp³-hybridized carbons (Fsp3) is 0.800. The third kappa shape index (κ3) is 2.46. The van der Waals surface area contributed by atoms with Crippen molar-refractivity contribution in [3.63, 3.8) is 0 Å². The highest BCUT2D eigenvalue weighted by Crippen LogP contribution is 2.30. The molecular formula is C15H27N3. The number of rotatable bonds is 4. The fourth-order valence-electron chi connectivity index (χ4n) is 2.78. The average Bonchev–Trinajstić information content (AvgIpc) is 2.69. The van der Waals surface area contributed by atoms with E-state index in [-0.39, 0.29) is 5.41 Å². The minimum absolute atomic E-state index is 0.00362. The summed E-state index contributed by atoms with van der Waals surface area (Å²) < 4.78 is 2.47. The van der Waals surface area contributed by atoms with Gasteiger partial charge in [-0.3, -0.25) is 0 Å². The lowest BCUT2D eigenvalue weighted by molar-refractivity contribution is 0.480. The summed E-state index contributed by atoms with van der Waals surface area (Å²) >= 11 is 0. The molecule has 0 fully saturated rings. The van der Waals surface area contributed by atoms with Crippen LogP contribution in [0.25, 0.3) is 0 Å². The van der Waals surface area contributed by atoms with Crippen LogP contribution in [0.1, 0.15) is 57.7 Å². The quantitative estimate of drug-likeness (QED) is 0.891. The Kier molecular flexibility index (Phi) is 3.81. The van der Waals surface area contributed by atoms with Crippen molar-refractivity contribution < 1.29 is 0 Å². The van der Waals surface area contributed by atoms with Crippen LogP contribution in [0.5, 0.6) is 0 Å². The molecule has 102 valence electrons. The van der Waals surface area contributed by atoms with Gasteiger partial charge in [0.25, 0.3) is 0 Å². The van der Waals surface area contributed by atoms with Crippen LogP contribution in [-0.4, -0.2) is 16.1 Å². The molecular weight excluding hydrogens is 222 g/mol. The predicted molar refractivity (Wildman–Crippen MR) is 75.8 cm³/mol. The predicted octanol–water partition coefficient (Wildman–Crippen LogP) is 2.65. The molecule has 0 saturated heterocycles. The van der Waals surface area contributed by atoms with Crippen molar-refractivity contribution in [1.29, 1.82) is 0 Å². The van der Waals surface area contributed by atoms with Gasteiger partial charge in [0, 0.05) is 30.6 Å². The molecule has 0 spiro atoms. The molecule has 3 nitrogen and oxygen atoms in total. The maximum absolute atomic E-state index is 5.93. The SMILES string of the molecule is CC(C)Cc1nc(C(C)(C)CN)c2n1CCCC2. The van der Waals surface area contributed by atoms with Gasteiger partial charge in [0.2, 0.25) is 0 Å². The van der Waals surface area contributed by atoms with E-state index >= 15 is 0 Å². The molecule has 1 aromatic rings. The fourth-order valence-corrected chi connectivity index (χ4v) is 2.78. The molecule has 2 N–H and O–H groups in total. The van der Waals surface area contributed by atoms with Gasteiger partial charge in [-0.15, -0.1) is 0 Å². The largest absolute Gasteiger partial charge is 0.332 e. The van der Waals surface area contributed by atoms with Crippen molar-refractivity contribution in [2.45, 2.75) is 65.3 Å². The van der Waals surface area contributed by atoms with E-state index in [4.69, 9.17) is 10.7 Å². The van der Waals surface area contributed by atoms with Crippen LogP contribution in [-0.2, 0) is 24.8 Å². The molecule has 0 amide bonds. The summed E-state index contributed by atoms with van der Waals surface area (Å²) in [6.07, 6.45) is 4.83. The summed E-state index contributed by atoms with van der Waals surface area (Å²) in [5, 5.41) is 0. The van der Waals surface area contributed by atoms with Gasteiger partial charge in [0.1, 0.15) is 5.82 Å². The van der Waals surface area contributed by atoms with Crippen molar-refractivity contribution in [3.8, 4) is 0 Å². The summed E-state index contributed by atoms with van der Waals surface area (Å²) in [6, 6.07) is 0. The van der Waals surface area contributed by atoms with E-state index in [1.165, 1.54) is 36.5 Å².